The topological polar surface area (TPSA) is 90.7 Å². The number of hydrogen-bond donors (Lipinski definition) is 1. The van der Waals surface area contributed by atoms with Crippen molar-refractivity contribution in [3.63, 3.8) is 0 Å². The quantitative estimate of drug-likeness (QED) is 0.795. The first kappa shape index (κ1) is 14.2. The fourth-order valence-corrected chi connectivity index (χ4v) is 2.29. The number of rotatable bonds is 4. The van der Waals surface area contributed by atoms with Crippen LogP contribution in [0, 0.1) is 6.92 Å². The highest BCUT2D eigenvalue weighted by Gasteiger charge is 2.17. The zero-order valence-corrected chi connectivity index (χ0v) is 12.5. The van der Waals surface area contributed by atoms with Gasteiger partial charge in [0, 0.05) is 12.0 Å². The Morgan fingerprint density at radius 1 is 1.23 bits per heavy atom. The van der Waals surface area contributed by atoms with Gasteiger partial charge in [0.25, 0.3) is 0 Å². The van der Waals surface area contributed by atoms with Crippen LogP contribution in [-0.4, -0.2) is 20.1 Å². The minimum Gasteiger partial charge on any atom is -0.384 e. The molecule has 0 aliphatic rings. The van der Waals surface area contributed by atoms with E-state index >= 15 is 0 Å². The number of nitrogen functional groups attached to an aromatic ring is 1. The second kappa shape index (κ2) is 5.93. The smallest absolute Gasteiger partial charge is 0.230 e. The molecule has 112 valence electrons. The van der Waals surface area contributed by atoms with Crippen molar-refractivity contribution in [1.29, 1.82) is 0 Å². The van der Waals surface area contributed by atoms with Gasteiger partial charge in [0.05, 0.1) is 0 Å². The number of aryl methyl sites for hydroxylation is 1. The monoisotopic (exact) mass is 295 g/mol. The van der Waals surface area contributed by atoms with E-state index in [4.69, 9.17) is 10.3 Å². The number of hydrogen-bond acceptors (Lipinski definition) is 6. The van der Waals surface area contributed by atoms with Crippen LogP contribution in [-0.2, 0) is 6.42 Å². The second-order valence-corrected chi connectivity index (χ2v) is 5.32. The van der Waals surface area contributed by atoms with Crippen LogP contribution < -0.4 is 5.73 Å². The lowest BCUT2D eigenvalue weighted by Gasteiger charge is -2.08. The average molecular weight is 295 g/mol. The predicted molar refractivity (Wildman–Crippen MR) is 83.0 cm³/mol. The Hall–Kier alpha value is -2.76. The molecule has 1 aromatic carbocycles. The standard InChI is InChI=1S/C16H17N5O/c1-10-5-3-4-6-12(10)7-11(2)16-20-15(21-22-16)13-8-14(17)19-9-18-13/h3-6,8-9,11H,7H2,1-2H3,(H2,17,18,19). The Morgan fingerprint density at radius 3 is 2.82 bits per heavy atom. The Labute approximate surface area is 128 Å². The molecular formula is C16H17N5O. The summed E-state index contributed by atoms with van der Waals surface area (Å²) >= 11 is 0. The lowest BCUT2D eigenvalue weighted by Crippen LogP contribution is -2.00. The molecule has 2 aromatic heterocycles. The number of nitrogens with zero attached hydrogens (tertiary/aromatic N) is 4. The van der Waals surface area contributed by atoms with Crippen LogP contribution in [0.2, 0.25) is 0 Å². The van der Waals surface area contributed by atoms with Gasteiger partial charge in [-0.2, -0.15) is 4.98 Å². The minimum atomic E-state index is 0.126. The molecule has 22 heavy (non-hydrogen) atoms. The summed E-state index contributed by atoms with van der Waals surface area (Å²) in [5.74, 6) is 1.53. The summed E-state index contributed by atoms with van der Waals surface area (Å²) in [6, 6.07) is 9.92. The Kier molecular flexibility index (Phi) is 3.82. The van der Waals surface area contributed by atoms with E-state index in [1.807, 2.05) is 12.1 Å². The first-order valence-corrected chi connectivity index (χ1v) is 7.09. The molecule has 2 N–H and O–H groups in total. The van der Waals surface area contributed by atoms with E-state index in [1.54, 1.807) is 6.07 Å². The third-order valence-electron chi connectivity index (χ3n) is 3.57. The molecule has 6 nitrogen and oxygen atoms in total. The number of benzene rings is 1. The van der Waals surface area contributed by atoms with Crippen LogP contribution in [0.25, 0.3) is 11.5 Å². The highest BCUT2D eigenvalue weighted by Crippen LogP contribution is 2.23. The molecule has 1 atom stereocenters. The molecule has 2 heterocycles. The van der Waals surface area contributed by atoms with Crippen molar-refractivity contribution in [3.05, 3.63) is 53.7 Å². The molecule has 0 aliphatic heterocycles. The van der Waals surface area contributed by atoms with E-state index in [0.29, 0.717) is 23.2 Å². The van der Waals surface area contributed by atoms with Crippen LogP contribution >= 0.6 is 0 Å². The van der Waals surface area contributed by atoms with E-state index in [2.05, 4.69) is 46.1 Å². The van der Waals surface area contributed by atoms with Crippen molar-refractivity contribution in [2.75, 3.05) is 5.73 Å². The molecule has 0 bridgehead atoms. The van der Waals surface area contributed by atoms with Crippen molar-refractivity contribution < 1.29 is 4.52 Å². The van der Waals surface area contributed by atoms with Crippen LogP contribution in [0.4, 0.5) is 5.82 Å². The molecule has 0 radical (unpaired) electrons. The maximum absolute atomic E-state index is 5.64. The average Bonchev–Trinajstić information content (AvgIpc) is 2.99. The van der Waals surface area contributed by atoms with Crippen LogP contribution in [0.5, 0.6) is 0 Å². The molecule has 1 unspecified atom stereocenters. The third-order valence-corrected chi connectivity index (χ3v) is 3.57. The Balaban J connectivity index is 1.80. The van der Waals surface area contributed by atoms with Gasteiger partial charge >= 0.3 is 0 Å². The van der Waals surface area contributed by atoms with Gasteiger partial charge in [0.2, 0.25) is 11.7 Å². The molecule has 0 saturated heterocycles. The molecule has 0 fully saturated rings. The van der Waals surface area contributed by atoms with E-state index < -0.39 is 0 Å². The van der Waals surface area contributed by atoms with Crippen LogP contribution in [0.1, 0.15) is 29.9 Å². The van der Waals surface area contributed by atoms with Gasteiger partial charge < -0.3 is 10.3 Å². The van der Waals surface area contributed by atoms with Crippen molar-refractivity contribution in [2.45, 2.75) is 26.2 Å². The highest BCUT2D eigenvalue weighted by molar-refractivity contribution is 5.52. The summed E-state index contributed by atoms with van der Waals surface area (Å²) in [6.45, 7) is 4.17. The number of aromatic nitrogens is 4. The summed E-state index contributed by atoms with van der Waals surface area (Å²) in [5.41, 5.74) is 8.75. The lowest BCUT2D eigenvalue weighted by atomic mass is 9.97. The normalized spacial score (nSPS) is 12.3. The molecule has 0 aliphatic carbocycles. The lowest BCUT2D eigenvalue weighted by molar-refractivity contribution is 0.358. The van der Waals surface area contributed by atoms with E-state index in [9.17, 15) is 0 Å². The van der Waals surface area contributed by atoms with Crippen molar-refractivity contribution >= 4 is 5.82 Å². The van der Waals surface area contributed by atoms with E-state index in [1.165, 1.54) is 17.5 Å². The third kappa shape index (κ3) is 2.95. The van der Waals surface area contributed by atoms with Gasteiger partial charge in [0.15, 0.2) is 0 Å². The summed E-state index contributed by atoms with van der Waals surface area (Å²) in [6.07, 6.45) is 2.23. The second-order valence-electron chi connectivity index (χ2n) is 5.32. The van der Waals surface area contributed by atoms with Gasteiger partial charge in [-0.25, -0.2) is 9.97 Å². The van der Waals surface area contributed by atoms with Gasteiger partial charge in [0.1, 0.15) is 17.8 Å². The predicted octanol–water partition coefficient (Wildman–Crippen LogP) is 2.76. The highest BCUT2D eigenvalue weighted by atomic mass is 16.5. The zero-order valence-electron chi connectivity index (χ0n) is 12.5. The minimum absolute atomic E-state index is 0.126. The molecular weight excluding hydrogens is 278 g/mol. The van der Waals surface area contributed by atoms with Gasteiger partial charge in [-0.15, -0.1) is 0 Å². The Bertz CT molecular complexity index is 783. The van der Waals surface area contributed by atoms with Gasteiger partial charge in [-0.1, -0.05) is 36.3 Å². The first-order valence-electron chi connectivity index (χ1n) is 7.09. The van der Waals surface area contributed by atoms with E-state index in [-0.39, 0.29) is 5.92 Å². The number of anilines is 1. The van der Waals surface area contributed by atoms with Crippen molar-refractivity contribution in [3.8, 4) is 11.5 Å². The summed E-state index contributed by atoms with van der Waals surface area (Å²) in [4.78, 5) is 12.4. The molecule has 0 spiro atoms. The fourth-order valence-electron chi connectivity index (χ4n) is 2.29. The van der Waals surface area contributed by atoms with Crippen molar-refractivity contribution in [1.82, 2.24) is 20.1 Å². The van der Waals surface area contributed by atoms with E-state index in [0.717, 1.165) is 6.42 Å². The number of nitrogens with two attached hydrogens (primary N) is 1. The molecule has 3 rings (SSSR count). The largest absolute Gasteiger partial charge is 0.384 e. The molecule has 3 aromatic rings. The Morgan fingerprint density at radius 2 is 2.05 bits per heavy atom. The maximum atomic E-state index is 5.64. The molecule has 0 saturated carbocycles. The van der Waals surface area contributed by atoms with Gasteiger partial charge in [-0.3, -0.25) is 0 Å². The maximum Gasteiger partial charge on any atom is 0.230 e. The SMILES string of the molecule is Cc1ccccc1CC(C)c1nc(-c2cc(N)ncn2)no1. The van der Waals surface area contributed by atoms with Crippen LogP contribution in [0.15, 0.2) is 41.2 Å². The van der Waals surface area contributed by atoms with Gasteiger partial charge in [-0.05, 0) is 24.5 Å². The zero-order chi connectivity index (χ0) is 15.5. The first-order chi connectivity index (χ1) is 10.6. The summed E-state index contributed by atoms with van der Waals surface area (Å²) in [5, 5.41) is 3.98. The van der Waals surface area contributed by atoms with Crippen LogP contribution in [0.3, 0.4) is 0 Å². The van der Waals surface area contributed by atoms with Crippen molar-refractivity contribution in [2.24, 2.45) is 0 Å². The fraction of sp³-hybridized carbons (Fsp3) is 0.250. The molecule has 0 amide bonds. The summed E-state index contributed by atoms with van der Waals surface area (Å²) in [7, 11) is 0. The molecule has 6 heteroatoms. The summed E-state index contributed by atoms with van der Waals surface area (Å²) < 4.78 is 5.37.